The number of aromatic nitrogens is 3. The van der Waals surface area contributed by atoms with Crippen LogP contribution in [0.3, 0.4) is 0 Å². The Bertz CT molecular complexity index is 774. The van der Waals surface area contributed by atoms with Crippen LogP contribution in [0.4, 0.5) is 13.2 Å². The van der Waals surface area contributed by atoms with Gasteiger partial charge in [-0.25, -0.2) is 14.7 Å². The molecule has 0 aliphatic carbocycles. The van der Waals surface area contributed by atoms with E-state index in [2.05, 4.69) is 25.7 Å². The Morgan fingerprint density at radius 3 is 2.93 bits per heavy atom. The highest BCUT2D eigenvalue weighted by molar-refractivity contribution is 5.80. The van der Waals surface area contributed by atoms with Crippen LogP contribution in [-0.2, 0) is 6.54 Å². The van der Waals surface area contributed by atoms with Gasteiger partial charge >= 0.3 is 6.18 Å². The number of nitrogens with one attached hydrogen (secondary N) is 2. The van der Waals surface area contributed by atoms with Gasteiger partial charge in [-0.2, -0.15) is 18.3 Å². The Balaban J connectivity index is 1.60. The number of aliphatic imine (C=N–C) groups is 1. The lowest BCUT2D eigenvalue weighted by atomic mass is 10.2. The van der Waals surface area contributed by atoms with Gasteiger partial charge in [0.2, 0.25) is 0 Å². The smallest absolute Gasteiger partial charge is 0.357 e. The normalized spacial score (nSPS) is 18.4. The van der Waals surface area contributed by atoms with Crippen LogP contribution in [0, 0.1) is 0 Å². The molecular weight excluding hydrogens is 371 g/mol. The average molecular weight is 395 g/mol. The molecule has 1 aliphatic rings. The van der Waals surface area contributed by atoms with Gasteiger partial charge in [0, 0.05) is 44.3 Å². The molecule has 2 N–H and O–H groups in total. The van der Waals surface area contributed by atoms with E-state index in [1.165, 1.54) is 4.90 Å². The first-order valence-electron chi connectivity index (χ1n) is 9.22. The van der Waals surface area contributed by atoms with Gasteiger partial charge < -0.3 is 10.6 Å². The number of hydrogen-bond donors (Lipinski definition) is 2. The van der Waals surface area contributed by atoms with Gasteiger partial charge in [0.05, 0.1) is 13.1 Å². The lowest BCUT2D eigenvalue weighted by Gasteiger charge is -2.19. The molecule has 0 radical (unpaired) electrons. The molecule has 1 fully saturated rings. The number of likely N-dealkylation sites (tertiary alicyclic amines) is 1. The fourth-order valence-corrected chi connectivity index (χ4v) is 3.12. The second-order valence-electron chi connectivity index (χ2n) is 6.65. The zero-order valence-corrected chi connectivity index (χ0v) is 15.7. The Labute approximate surface area is 161 Å². The molecule has 3 heterocycles. The molecule has 7 nitrogen and oxygen atoms in total. The summed E-state index contributed by atoms with van der Waals surface area (Å²) in [6.45, 7) is 2.94. The summed E-state index contributed by atoms with van der Waals surface area (Å²) in [6.07, 6.45) is 1.69. The minimum atomic E-state index is -4.17. The van der Waals surface area contributed by atoms with Crippen molar-refractivity contribution in [2.75, 3.05) is 26.2 Å². The third-order valence-electron chi connectivity index (χ3n) is 4.33. The first kappa shape index (κ1) is 20.1. The second-order valence-corrected chi connectivity index (χ2v) is 6.65. The molecule has 28 heavy (non-hydrogen) atoms. The molecule has 1 unspecified atom stereocenters. The molecular formula is C18H24F3N7. The fraction of sp³-hybridized carbons (Fsp3) is 0.500. The highest BCUT2D eigenvalue weighted by Crippen LogP contribution is 2.20. The maximum atomic E-state index is 12.6. The molecule has 1 aliphatic heterocycles. The van der Waals surface area contributed by atoms with Gasteiger partial charge in [-0.15, -0.1) is 0 Å². The Morgan fingerprint density at radius 2 is 2.21 bits per heavy atom. The summed E-state index contributed by atoms with van der Waals surface area (Å²) < 4.78 is 39.3. The summed E-state index contributed by atoms with van der Waals surface area (Å²) >= 11 is 0. The van der Waals surface area contributed by atoms with E-state index in [-0.39, 0.29) is 6.04 Å². The van der Waals surface area contributed by atoms with Crippen LogP contribution in [0.5, 0.6) is 0 Å². The van der Waals surface area contributed by atoms with Crippen LogP contribution in [0.15, 0.2) is 41.8 Å². The molecule has 0 saturated carbocycles. The second kappa shape index (κ2) is 9.05. The van der Waals surface area contributed by atoms with Crippen LogP contribution < -0.4 is 10.6 Å². The number of nitrogens with zero attached hydrogens (tertiary/aromatic N) is 5. The maximum Gasteiger partial charge on any atom is 0.401 e. The van der Waals surface area contributed by atoms with Crippen molar-refractivity contribution in [2.45, 2.75) is 32.1 Å². The molecule has 1 atom stereocenters. The van der Waals surface area contributed by atoms with Crippen molar-refractivity contribution in [1.29, 1.82) is 0 Å². The zero-order chi connectivity index (χ0) is 20.0. The standard InChI is InChI=1S/C18H24F3N7/c1-2-22-17(26-15-5-9-27(12-15)13-18(19,20)21)24-11-14-4-7-23-16(10-14)28-8-3-6-25-28/h3-4,6-8,10,15H,2,5,9,11-13H2,1H3,(H2,22,24,26). The monoisotopic (exact) mass is 395 g/mol. The van der Waals surface area contributed by atoms with Crippen molar-refractivity contribution in [3.05, 3.63) is 42.4 Å². The third-order valence-corrected chi connectivity index (χ3v) is 4.33. The van der Waals surface area contributed by atoms with Crippen molar-refractivity contribution in [1.82, 2.24) is 30.3 Å². The van der Waals surface area contributed by atoms with E-state index in [4.69, 9.17) is 0 Å². The summed E-state index contributed by atoms with van der Waals surface area (Å²) in [6, 6.07) is 5.54. The van der Waals surface area contributed by atoms with Gasteiger partial charge in [0.15, 0.2) is 11.8 Å². The molecule has 2 aromatic heterocycles. The lowest BCUT2D eigenvalue weighted by Crippen LogP contribution is -2.45. The van der Waals surface area contributed by atoms with Gasteiger partial charge in [0.25, 0.3) is 0 Å². The van der Waals surface area contributed by atoms with E-state index >= 15 is 0 Å². The minimum Gasteiger partial charge on any atom is -0.357 e. The SMILES string of the molecule is CCNC(=NCc1ccnc(-n2cccn2)c1)NC1CCN(CC(F)(F)F)C1. The number of pyridine rings is 1. The third kappa shape index (κ3) is 5.95. The van der Waals surface area contributed by atoms with Gasteiger partial charge in [-0.05, 0) is 37.1 Å². The number of alkyl halides is 3. The maximum absolute atomic E-state index is 12.6. The van der Waals surface area contributed by atoms with Crippen LogP contribution in [0.1, 0.15) is 18.9 Å². The number of rotatable bonds is 6. The Morgan fingerprint density at radius 1 is 1.36 bits per heavy atom. The topological polar surface area (TPSA) is 70.4 Å². The molecule has 1 saturated heterocycles. The zero-order valence-electron chi connectivity index (χ0n) is 15.7. The quantitative estimate of drug-likeness (QED) is 0.578. The Kier molecular flexibility index (Phi) is 6.50. The number of hydrogen-bond acceptors (Lipinski definition) is 4. The molecule has 2 aromatic rings. The summed E-state index contributed by atoms with van der Waals surface area (Å²) in [5.74, 6) is 1.30. The highest BCUT2D eigenvalue weighted by atomic mass is 19.4. The van der Waals surface area contributed by atoms with Crippen LogP contribution in [-0.4, -0.2) is 64.0 Å². The van der Waals surface area contributed by atoms with E-state index in [1.807, 2.05) is 31.3 Å². The van der Waals surface area contributed by atoms with E-state index < -0.39 is 12.7 Å². The number of guanidine groups is 1. The van der Waals surface area contributed by atoms with E-state index in [0.717, 1.165) is 5.56 Å². The predicted molar refractivity (Wildman–Crippen MR) is 100 cm³/mol. The average Bonchev–Trinajstić information content (AvgIpc) is 3.31. The van der Waals surface area contributed by atoms with Crippen molar-refractivity contribution in [3.63, 3.8) is 0 Å². The molecule has 0 spiro atoms. The highest BCUT2D eigenvalue weighted by Gasteiger charge is 2.34. The lowest BCUT2D eigenvalue weighted by molar-refractivity contribution is -0.143. The van der Waals surface area contributed by atoms with Crippen molar-refractivity contribution in [2.24, 2.45) is 4.99 Å². The van der Waals surface area contributed by atoms with Gasteiger partial charge in [0.1, 0.15) is 0 Å². The van der Waals surface area contributed by atoms with Crippen molar-refractivity contribution < 1.29 is 13.2 Å². The molecule has 10 heteroatoms. The molecule has 0 aromatic carbocycles. The summed E-state index contributed by atoms with van der Waals surface area (Å²) in [7, 11) is 0. The summed E-state index contributed by atoms with van der Waals surface area (Å²) in [4.78, 5) is 10.3. The Hall–Kier alpha value is -2.62. The van der Waals surface area contributed by atoms with Crippen LogP contribution in [0.25, 0.3) is 5.82 Å². The summed E-state index contributed by atoms with van der Waals surface area (Å²) in [5.41, 5.74) is 0.961. The summed E-state index contributed by atoms with van der Waals surface area (Å²) in [5, 5.41) is 10.6. The first-order chi connectivity index (χ1) is 13.4. The largest absolute Gasteiger partial charge is 0.401 e. The predicted octanol–water partition coefficient (Wildman–Crippen LogP) is 1.96. The molecule has 0 amide bonds. The van der Waals surface area contributed by atoms with Gasteiger partial charge in [-0.1, -0.05) is 0 Å². The van der Waals surface area contributed by atoms with Crippen LogP contribution in [0.2, 0.25) is 0 Å². The first-order valence-corrected chi connectivity index (χ1v) is 9.22. The van der Waals surface area contributed by atoms with E-state index in [9.17, 15) is 13.2 Å². The van der Waals surface area contributed by atoms with Gasteiger partial charge in [-0.3, -0.25) is 4.90 Å². The molecule has 3 rings (SSSR count). The van der Waals surface area contributed by atoms with E-state index in [0.29, 0.717) is 44.4 Å². The van der Waals surface area contributed by atoms with Crippen molar-refractivity contribution >= 4 is 5.96 Å². The molecule has 152 valence electrons. The number of halogens is 3. The molecule has 0 bridgehead atoms. The van der Waals surface area contributed by atoms with E-state index in [1.54, 1.807) is 17.1 Å². The van der Waals surface area contributed by atoms with Crippen molar-refractivity contribution in [3.8, 4) is 5.82 Å². The fourth-order valence-electron chi connectivity index (χ4n) is 3.12. The van der Waals surface area contributed by atoms with Crippen LogP contribution >= 0.6 is 0 Å². The minimum absolute atomic E-state index is 0.0581.